The second-order valence-electron chi connectivity index (χ2n) is 6.57. The third kappa shape index (κ3) is 3.11. The third-order valence-electron chi connectivity index (χ3n) is 5.09. The summed E-state index contributed by atoms with van der Waals surface area (Å²) in [6.45, 7) is 5.13. The van der Waals surface area contributed by atoms with Crippen LogP contribution >= 0.6 is 0 Å². The number of fused-ring (bicyclic) bond motifs is 1. The lowest BCUT2D eigenvalue weighted by molar-refractivity contribution is -0.0218. The Bertz CT molecular complexity index is 759. The van der Waals surface area contributed by atoms with Crippen LogP contribution in [0, 0.1) is 0 Å². The van der Waals surface area contributed by atoms with E-state index in [0.717, 1.165) is 18.8 Å². The fourth-order valence-corrected chi connectivity index (χ4v) is 3.61. The van der Waals surface area contributed by atoms with E-state index in [1.165, 1.54) is 11.1 Å². The Morgan fingerprint density at radius 2 is 2.28 bits per heavy atom. The van der Waals surface area contributed by atoms with Crippen molar-refractivity contribution in [1.29, 1.82) is 0 Å². The second kappa shape index (κ2) is 6.84. The zero-order valence-electron chi connectivity index (χ0n) is 14.4. The Labute approximate surface area is 147 Å². The highest BCUT2D eigenvalue weighted by Gasteiger charge is 2.30. The predicted molar refractivity (Wildman–Crippen MR) is 92.2 cm³/mol. The van der Waals surface area contributed by atoms with Gasteiger partial charge in [-0.2, -0.15) is 0 Å². The van der Waals surface area contributed by atoms with Crippen molar-refractivity contribution in [2.45, 2.75) is 31.9 Å². The second-order valence-corrected chi connectivity index (χ2v) is 6.57. The predicted octanol–water partition coefficient (Wildman–Crippen LogP) is 1.72. The number of aryl methyl sites for hydroxylation is 1. The molecule has 1 aliphatic heterocycles. The molecular weight excluding hydrogens is 318 g/mol. The van der Waals surface area contributed by atoms with Gasteiger partial charge in [-0.1, -0.05) is 24.3 Å². The molecule has 1 fully saturated rings. The first-order chi connectivity index (χ1) is 12.3. The lowest BCUT2D eigenvalue weighted by atomic mass is 9.78. The first-order valence-electron chi connectivity index (χ1n) is 8.86. The molecule has 2 amide bonds. The quantitative estimate of drug-likeness (QED) is 0.919. The molecule has 0 spiro atoms. The minimum atomic E-state index is -0.216. The van der Waals surface area contributed by atoms with Crippen LogP contribution in [-0.4, -0.2) is 51.9 Å². The standard InChI is InChI=1S/C18H23N5O2/c1-2-22-12-20-21-17(22)16-11-23(7-8-25-16)18(24)19-10-14-9-13-5-3-4-6-15(13)14/h3-6,12,14,16H,2,7-11H2,1H3,(H,19,24)/t14-,16+/m1/s1. The summed E-state index contributed by atoms with van der Waals surface area (Å²) in [5.41, 5.74) is 2.76. The summed E-state index contributed by atoms with van der Waals surface area (Å²) in [6, 6.07) is 8.40. The van der Waals surface area contributed by atoms with Crippen molar-refractivity contribution in [3.8, 4) is 0 Å². The van der Waals surface area contributed by atoms with Gasteiger partial charge in [-0.05, 0) is 24.5 Å². The molecule has 0 radical (unpaired) electrons. The summed E-state index contributed by atoms with van der Waals surface area (Å²) in [5.74, 6) is 1.22. The van der Waals surface area contributed by atoms with Crippen molar-refractivity contribution in [2.24, 2.45) is 0 Å². The van der Waals surface area contributed by atoms with E-state index >= 15 is 0 Å². The minimum Gasteiger partial charge on any atom is -0.366 e. The van der Waals surface area contributed by atoms with E-state index in [1.807, 2.05) is 16.4 Å². The van der Waals surface area contributed by atoms with E-state index in [-0.39, 0.29) is 12.1 Å². The monoisotopic (exact) mass is 341 g/mol. The number of aromatic nitrogens is 3. The fourth-order valence-electron chi connectivity index (χ4n) is 3.61. The van der Waals surface area contributed by atoms with Crippen molar-refractivity contribution in [3.63, 3.8) is 0 Å². The highest BCUT2D eigenvalue weighted by atomic mass is 16.5. The summed E-state index contributed by atoms with van der Waals surface area (Å²) in [6.07, 6.45) is 2.53. The Balaban J connectivity index is 1.33. The Hall–Kier alpha value is -2.41. The van der Waals surface area contributed by atoms with Gasteiger partial charge in [0, 0.05) is 25.6 Å². The summed E-state index contributed by atoms with van der Waals surface area (Å²) in [4.78, 5) is 14.4. The van der Waals surface area contributed by atoms with E-state index in [4.69, 9.17) is 4.74 Å². The smallest absolute Gasteiger partial charge is 0.317 e. The van der Waals surface area contributed by atoms with Crippen LogP contribution in [0.5, 0.6) is 0 Å². The molecule has 1 N–H and O–H groups in total. The normalized spacial score (nSPS) is 22.2. The molecule has 2 atom stereocenters. The van der Waals surface area contributed by atoms with E-state index in [0.29, 0.717) is 32.2 Å². The van der Waals surface area contributed by atoms with Gasteiger partial charge in [0.2, 0.25) is 0 Å². The van der Waals surface area contributed by atoms with Crippen molar-refractivity contribution in [3.05, 3.63) is 47.5 Å². The number of carbonyl (C=O) groups is 1. The zero-order chi connectivity index (χ0) is 17.2. The van der Waals surface area contributed by atoms with Crippen LogP contribution in [0.25, 0.3) is 0 Å². The molecule has 1 aromatic carbocycles. The maximum absolute atomic E-state index is 12.5. The van der Waals surface area contributed by atoms with E-state index in [9.17, 15) is 4.79 Å². The average molecular weight is 341 g/mol. The Morgan fingerprint density at radius 1 is 1.40 bits per heavy atom. The number of morpholine rings is 1. The van der Waals surface area contributed by atoms with Gasteiger partial charge in [-0.15, -0.1) is 10.2 Å². The Kier molecular flexibility index (Phi) is 4.40. The number of urea groups is 1. The minimum absolute atomic E-state index is 0.0276. The molecule has 0 saturated carbocycles. The summed E-state index contributed by atoms with van der Waals surface area (Å²) < 4.78 is 7.76. The van der Waals surface area contributed by atoms with Crippen LogP contribution in [0.15, 0.2) is 30.6 Å². The molecule has 7 heteroatoms. The van der Waals surface area contributed by atoms with Gasteiger partial charge >= 0.3 is 6.03 Å². The summed E-state index contributed by atoms with van der Waals surface area (Å²) >= 11 is 0. The number of hydrogen-bond donors (Lipinski definition) is 1. The largest absolute Gasteiger partial charge is 0.366 e. The average Bonchev–Trinajstić information content (AvgIpc) is 3.11. The summed E-state index contributed by atoms with van der Waals surface area (Å²) in [5, 5.41) is 11.2. The molecule has 2 aliphatic rings. The number of amides is 2. The third-order valence-corrected chi connectivity index (χ3v) is 5.09. The van der Waals surface area contributed by atoms with Crippen molar-refractivity contribution < 1.29 is 9.53 Å². The van der Waals surface area contributed by atoms with E-state index in [1.54, 1.807) is 6.33 Å². The maximum Gasteiger partial charge on any atom is 0.317 e. The van der Waals surface area contributed by atoms with E-state index < -0.39 is 0 Å². The van der Waals surface area contributed by atoms with Crippen LogP contribution in [0.4, 0.5) is 4.79 Å². The summed E-state index contributed by atoms with van der Waals surface area (Å²) in [7, 11) is 0. The van der Waals surface area contributed by atoms with Gasteiger partial charge in [0.1, 0.15) is 12.4 Å². The number of ether oxygens (including phenoxy) is 1. The number of carbonyl (C=O) groups excluding carboxylic acids is 1. The first-order valence-corrected chi connectivity index (χ1v) is 8.86. The van der Waals surface area contributed by atoms with Gasteiger partial charge < -0.3 is 19.5 Å². The van der Waals surface area contributed by atoms with Crippen LogP contribution < -0.4 is 5.32 Å². The van der Waals surface area contributed by atoms with Gasteiger partial charge in [-0.3, -0.25) is 0 Å². The van der Waals surface area contributed by atoms with Crippen LogP contribution in [0.3, 0.4) is 0 Å². The molecule has 0 bridgehead atoms. The maximum atomic E-state index is 12.5. The van der Waals surface area contributed by atoms with Crippen molar-refractivity contribution in [2.75, 3.05) is 26.2 Å². The van der Waals surface area contributed by atoms with Gasteiger partial charge in [0.15, 0.2) is 5.82 Å². The molecule has 25 heavy (non-hydrogen) atoms. The van der Waals surface area contributed by atoms with Gasteiger partial charge in [0.25, 0.3) is 0 Å². The highest BCUT2D eigenvalue weighted by molar-refractivity contribution is 5.74. The number of nitrogens with zero attached hydrogens (tertiary/aromatic N) is 4. The lowest BCUT2D eigenvalue weighted by Crippen LogP contribution is -2.48. The topological polar surface area (TPSA) is 72.3 Å². The zero-order valence-corrected chi connectivity index (χ0v) is 14.4. The molecule has 132 valence electrons. The van der Waals surface area contributed by atoms with Crippen LogP contribution in [-0.2, 0) is 17.7 Å². The Morgan fingerprint density at radius 3 is 3.12 bits per heavy atom. The molecule has 1 aromatic heterocycles. The molecule has 2 heterocycles. The fraction of sp³-hybridized carbons (Fsp3) is 0.500. The SMILES string of the molecule is CCn1cnnc1[C@@H]1CN(C(=O)NC[C@H]2Cc3ccccc32)CCO1. The number of benzene rings is 1. The number of rotatable bonds is 4. The first kappa shape index (κ1) is 16.1. The number of nitrogens with one attached hydrogen (secondary N) is 1. The highest BCUT2D eigenvalue weighted by Crippen LogP contribution is 2.34. The molecule has 0 unspecified atom stereocenters. The molecule has 2 aromatic rings. The number of hydrogen-bond acceptors (Lipinski definition) is 4. The van der Waals surface area contributed by atoms with Gasteiger partial charge in [0.05, 0.1) is 13.2 Å². The molecule has 1 saturated heterocycles. The lowest BCUT2D eigenvalue weighted by Gasteiger charge is -2.34. The molecule has 4 rings (SSSR count). The molecular formula is C18H23N5O2. The molecule has 7 nitrogen and oxygen atoms in total. The molecule has 1 aliphatic carbocycles. The van der Waals surface area contributed by atoms with Crippen LogP contribution in [0.1, 0.15) is 35.9 Å². The van der Waals surface area contributed by atoms with Crippen LogP contribution in [0.2, 0.25) is 0 Å². The van der Waals surface area contributed by atoms with Crippen molar-refractivity contribution >= 4 is 6.03 Å². The van der Waals surface area contributed by atoms with Gasteiger partial charge in [-0.25, -0.2) is 4.79 Å². The van der Waals surface area contributed by atoms with E-state index in [2.05, 4.69) is 39.8 Å². The van der Waals surface area contributed by atoms with Crippen molar-refractivity contribution in [1.82, 2.24) is 25.0 Å².